The van der Waals surface area contributed by atoms with Gasteiger partial charge in [-0.05, 0) is 55.3 Å². The summed E-state index contributed by atoms with van der Waals surface area (Å²) >= 11 is 1.30. The van der Waals surface area contributed by atoms with Gasteiger partial charge in [-0.25, -0.2) is 0 Å². The van der Waals surface area contributed by atoms with Crippen molar-refractivity contribution in [3.05, 3.63) is 64.2 Å². The summed E-state index contributed by atoms with van der Waals surface area (Å²) in [5.41, 5.74) is 3.73. The molecule has 7 nitrogen and oxygen atoms in total. The molecule has 1 N–H and O–H groups in total. The van der Waals surface area contributed by atoms with E-state index in [2.05, 4.69) is 22.4 Å². The molecule has 154 valence electrons. The molecule has 4 rings (SSSR count). The summed E-state index contributed by atoms with van der Waals surface area (Å²) in [6.45, 7) is 4.65. The number of hydrogen-bond donors (Lipinski definition) is 1. The summed E-state index contributed by atoms with van der Waals surface area (Å²) < 4.78 is 5.16. The molecule has 1 unspecified atom stereocenters. The predicted molar refractivity (Wildman–Crippen MR) is 116 cm³/mol. The monoisotopic (exact) mass is 422 g/mol. The van der Waals surface area contributed by atoms with Crippen molar-refractivity contribution >= 4 is 34.0 Å². The maximum Gasteiger partial charge on any atom is 0.257 e. The molecule has 1 aromatic heterocycles. The quantitative estimate of drug-likeness (QED) is 0.673. The molecule has 1 aliphatic rings. The van der Waals surface area contributed by atoms with Crippen molar-refractivity contribution < 1.29 is 14.3 Å². The van der Waals surface area contributed by atoms with E-state index in [0.717, 1.165) is 16.3 Å². The molecule has 0 radical (unpaired) electrons. The van der Waals surface area contributed by atoms with Crippen molar-refractivity contribution in [2.24, 2.45) is 0 Å². The number of anilines is 2. The third-order valence-electron chi connectivity index (χ3n) is 5.27. The number of rotatable bonds is 5. The first-order chi connectivity index (χ1) is 14.4. The molecule has 1 atom stereocenters. The largest absolute Gasteiger partial charge is 0.497 e. The highest BCUT2D eigenvalue weighted by Gasteiger charge is 2.34. The summed E-state index contributed by atoms with van der Waals surface area (Å²) in [7, 11) is 1.55. The number of benzene rings is 2. The van der Waals surface area contributed by atoms with Crippen LogP contribution in [0.4, 0.5) is 10.8 Å². The van der Waals surface area contributed by atoms with Gasteiger partial charge in [-0.2, -0.15) is 0 Å². The Morgan fingerprint density at radius 1 is 1.17 bits per heavy atom. The van der Waals surface area contributed by atoms with E-state index in [1.165, 1.54) is 16.9 Å². The molecular formula is C22H22N4O3S. The SMILES string of the molecule is COc1cccc(C(=O)Nc2nnc(C3CC(=O)N(c4ccc(C)c(C)c4)C3)s2)c1. The van der Waals surface area contributed by atoms with Gasteiger partial charge < -0.3 is 9.64 Å². The first-order valence-corrected chi connectivity index (χ1v) is 10.4. The Morgan fingerprint density at radius 2 is 2.00 bits per heavy atom. The van der Waals surface area contributed by atoms with Crippen LogP contribution >= 0.6 is 11.3 Å². The van der Waals surface area contributed by atoms with Gasteiger partial charge in [0.2, 0.25) is 11.0 Å². The Kier molecular flexibility index (Phi) is 5.50. The van der Waals surface area contributed by atoms with Gasteiger partial charge in [0, 0.05) is 30.1 Å². The fourth-order valence-electron chi connectivity index (χ4n) is 3.40. The van der Waals surface area contributed by atoms with Crippen LogP contribution in [0.3, 0.4) is 0 Å². The number of hydrogen-bond acceptors (Lipinski definition) is 6. The van der Waals surface area contributed by atoms with Crippen LogP contribution in [0.2, 0.25) is 0 Å². The summed E-state index contributed by atoms with van der Waals surface area (Å²) in [5, 5.41) is 12.2. The maximum atomic E-state index is 12.6. The van der Waals surface area contributed by atoms with E-state index in [0.29, 0.717) is 29.4 Å². The Bertz CT molecular complexity index is 1110. The van der Waals surface area contributed by atoms with E-state index in [9.17, 15) is 9.59 Å². The smallest absolute Gasteiger partial charge is 0.257 e. The number of amides is 2. The molecule has 2 amide bonds. The van der Waals surface area contributed by atoms with E-state index in [4.69, 9.17) is 4.74 Å². The Hall–Kier alpha value is -3.26. The van der Waals surface area contributed by atoms with Gasteiger partial charge in [0.25, 0.3) is 5.91 Å². The van der Waals surface area contributed by atoms with Crippen molar-refractivity contribution in [1.82, 2.24) is 10.2 Å². The van der Waals surface area contributed by atoms with Gasteiger partial charge >= 0.3 is 0 Å². The van der Waals surface area contributed by atoms with Crippen molar-refractivity contribution in [1.29, 1.82) is 0 Å². The van der Waals surface area contributed by atoms with Crippen LogP contribution in [-0.2, 0) is 4.79 Å². The fourth-order valence-corrected chi connectivity index (χ4v) is 4.23. The van der Waals surface area contributed by atoms with Crippen molar-refractivity contribution in [2.75, 3.05) is 23.9 Å². The zero-order valence-electron chi connectivity index (χ0n) is 17.0. The minimum absolute atomic E-state index is 0.0425. The highest BCUT2D eigenvalue weighted by Crippen LogP contribution is 2.34. The van der Waals surface area contributed by atoms with Gasteiger partial charge in [-0.3, -0.25) is 14.9 Å². The van der Waals surface area contributed by atoms with Crippen LogP contribution in [0.1, 0.15) is 38.8 Å². The van der Waals surface area contributed by atoms with Gasteiger partial charge in [0.1, 0.15) is 10.8 Å². The molecule has 0 bridgehead atoms. The number of aryl methyl sites for hydroxylation is 2. The van der Waals surface area contributed by atoms with Crippen LogP contribution in [-0.4, -0.2) is 35.7 Å². The van der Waals surface area contributed by atoms with Crippen LogP contribution in [0.15, 0.2) is 42.5 Å². The molecule has 2 aromatic carbocycles. The zero-order valence-corrected chi connectivity index (χ0v) is 17.8. The molecule has 2 heterocycles. The van der Waals surface area contributed by atoms with Crippen LogP contribution < -0.4 is 15.0 Å². The van der Waals surface area contributed by atoms with Crippen LogP contribution in [0.5, 0.6) is 5.75 Å². The van der Waals surface area contributed by atoms with Gasteiger partial charge in [0.15, 0.2) is 0 Å². The van der Waals surface area contributed by atoms with Crippen LogP contribution in [0, 0.1) is 13.8 Å². The second kappa shape index (κ2) is 8.23. The van der Waals surface area contributed by atoms with Gasteiger partial charge in [0.05, 0.1) is 7.11 Å². The number of carbonyl (C=O) groups excluding carboxylic acids is 2. The molecule has 1 aliphatic heterocycles. The molecule has 0 saturated carbocycles. The number of carbonyl (C=O) groups is 2. The summed E-state index contributed by atoms with van der Waals surface area (Å²) in [6, 6.07) is 12.9. The van der Waals surface area contributed by atoms with E-state index in [1.54, 1.807) is 36.3 Å². The number of aromatic nitrogens is 2. The topological polar surface area (TPSA) is 84.4 Å². The lowest BCUT2D eigenvalue weighted by Gasteiger charge is -2.17. The lowest BCUT2D eigenvalue weighted by atomic mass is 10.1. The van der Waals surface area contributed by atoms with Gasteiger partial charge in [-0.1, -0.05) is 23.5 Å². The third kappa shape index (κ3) is 4.04. The average molecular weight is 423 g/mol. The minimum Gasteiger partial charge on any atom is -0.497 e. The lowest BCUT2D eigenvalue weighted by molar-refractivity contribution is -0.117. The van der Waals surface area contributed by atoms with Crippen molar-refractivity contribution in [3.63, 3.8) is 0 Å². The summed E-state index contributed by atoms with van der Waals surface area (Å²) in [5.74, 6) is 0.354. The van der Waals surface area contributed by atoms with Crippen LogP contribution in [0.25, 0.3) is 0 Å². The average Bonchev–Trinajstić information content (AvgIpc) is 3.36. The molecule has 0 spiro atoms. The lowest BCUT2D eigenvalue weighted by Crippen LogP contribution is -2.24. The highest BCUT2D eigenvalue weighted by molar-refractivity contribution is 7.15. The van der Waals surface area contributed by atoms with E-state index >= 15 is 0 Å². The number of nitrogens with one attached hydrogen (secondary N) is 1. The predicted octanol–water partition coefficient (Wildman–Crippen LogP) is 3.94. The standard InChI is InChI=1S/C22H22N4O3S/c1-13-7-8-17(9-14(13)2)26-12-16(11-19(26)27)21-24-25-22(30-21)23-20(28)15-5-4-6-18(10-15)29-3/h4-10,16H,11-12H2,1-3H3,(H,23,25,28). The first-order valence-electron chi connectivity index (χ1n) is 9.61. The molecule has 30 heavy (non-hydrogen) atoms. The highest BCUT2D eigenvalue weighted by atomic mass is 32.1. The molecule has 8 heteroatoms. The minimum atomic E-state index is -0.282. The second-order valence-electron chi connectivity index (χ2n) is 7.31. The zero-order chi connectivity index (χ0) is 21.3. The number of nitrogens with zero attached hydrogens (tertiary/aromatic N) is 3. The van der Waals surface area contributed by atoms with Crippen molar-refractivity contribution in [2.45, 2.75) is 26.2 Å². The molecule has 1 saturated heterocycles. The maximum absolute atomic E-state index is 12.6. The Labute approximate surface area is 178 Å². The summed E-state index contributed by atoms with van der Waals surface area (Å²) in [6.07, 6.45) is 0.380. The molecule has 3 aromatic rings. The van der Waals surface area contributed by atoms with Crippen molar-refractivity contribution in [3.8, 4) is 5.75 Å². The first kappa shape index (κ1) is 20.0. The Morgan fingerprint density at radius 3 is 2.77 bits per heavy atom. The number of methoxy groups -OCH3 is 1. The van der Waals surface area contributed by atoms with E-state index < -0.39 is 0 Å². The third-order valence-corrected chi connectivity index (χ3v) is 6.27. The normalized spacial score (nSPS) is 16.0. The fraction of sp³-hybridized carbons (Fsp3) is 0.273. The number of ether oxygens (including phenoxy) is 1. The summed E-state index contributed by atoms with van der Waals surface area (Å²) in [4.78, 5) is 26.9. The molecule has 1 fully saturated rings. The molecular weight excluding hydrogens is 400 g/mol. The van der Waals surface area contributed by atoms with E-state index in [-0.39, 0.29) is 17.7 Å². The molecule has 0 aliphatic carbocycles. The second-order valence-corrected chi connectivity index (χ2v) is 8.31. The Balaban J connectivity index is 1.45. The van der Waals surface area contributed by atoms with E-state index in [1.807, 2.05) is 25.1 Å². The van der Waals surface area contributed by atoms with Gasteiger partial charge in [-0.15, -0.1) is 10.2 Å².